The minimum absolute atomic E-state index is 0.0481. The molecule has 0 saturated heterocycles. The van der Waals surface area contributed by atoms with Crippen LogP contribution in [0.15, 0.2) is 77.7 Å². The standard InChI is InChI=1S/C23H21ClN2O5S/c1-16-8-13-19(14-21(16)24)26(32(29,30)20-6-4-3-5-7-20)15-22(27)25-18-11-9-17(10-12-18)23(28)31-2/h3-14H,15H2,1-2H3,(H,25,27). The van der Waals surface area contributed by atoms with Gasteiger partial charge >= 0.3 is 5.97 Å². The number of nitrogens with zero attached hydrogens (tertiary/aromatic N) is 1. The zero-order valence-corrected chi connectivity index (χ0v) is 19.0. The van der Waals surface area contributed by atoms with Crippen LogP contribution in [0.2, 0.25) is 5.02 Å². The summed E-state index contributed by atoms with van der Waals surface area (Å²) in [4.78, 5) is 24.4. The van der Waals surface area contributed by atoms with Crippen molar-refractivity contribution in [2.45, 2.75) is 11.8 Å². The number of hydrogen-bond acceptors (Lipinski definition) is 5. The van der Waals surface area contributed by atoms with Gasteiger partial charge in [-0.2, -0.15) is 0 Å². The van der Waals surface area contributed by atoms with Crippen molar-refractivity contribution < 1.29 is 22.7 Å². The van der Waals surface area contributed by atoms with Gasteiger partial charge in [-0.15, -0.1) is 0 Å². The molecule has 0 fully saturated rings. The zero-order valence-electron chi connectivity index (χ0n) is 17.4. The van der Waals surface area contributed by atoms with Crippen molar-refractivity contribution in [2.75, 3.05) is 23.3 Å². The Hall–Kier alpha value is -3.36. The van der Waals surface area contributed by atoms with Crippen LogP contribution >= 0.6 is 11.6 Å². The number of esters is 1. The van der Waals surface area contributed by atoms with E-state index < -0.39 is 28.4 Å². The highest BCUT2D eigenvalue weighted by atomic mass is 35.5. The molecular weight excluding hydrogens is 452 g/mol. The van der Waals surface area contributed by atoms with E-state index in [1.165, 1.54) is 49.6 Å². The van der Waals surface area contributed by atoms with E-state index in [9.17, 15) is 18.0 Å². The Kier molecular flexibility index (Phi) is 7.17. The summed E-state index contributed by atoms with van der Waals surface area (Å²) in [6, 6.07) is 18.7. The second-order valence-electron chi connectivity index (χ2n) is 6.88. The second kappa shape index (κ2) is 9.84. The minimum Gasteiger partial charge on any atom is -0.465 e. The molecule has 166 valence electrons. The number of ether oxygens (including phenoxy) is 1. The summed E-state index contributed by atoms with van der Waals surface area (Å²) in [6.07, 6.45) is 0. The van der Waals surface area contributed by atoms with Crippen LogP contribution in [0.1, 0.15) is 15.9 Å². The fourth-order valence-electron chi connectivity index (χ4n) is 2.91. The molecule has 0 bridgehead atoms. The van der Waals surface area contributed by atoms with Gasteiger partial charge in [0, 0.05) is 10.7 Å². The Labute approximate surface area is 191 Å². The van der Waals surface area contributed by atoms with Gasteiger partial charge in [-0.3, -0.25) is 9.10 Å². The lowest BCUT2D eigenvalue weighted by atomic mass is 10.2. The molecule has 0 aliphatic heterocycles. The number of carbonyl (C=O) groups excluding carboxylic acids is 2. The lowest BCUT2D eigenvalue weighted by Gasteiger charge is -2.24. The van der Waals surface area contributed by atoms with Crippen molar-refractivity contribution in [3.8, 4) is 0 Å². The Morgan fingerprint density at radius 2 is 1.66 bits per heavy atom. The van der Waals surface area contributed by atoms with Crippen LogP contribution in [0.5, 0.6) is 0 Å². The normalized spacial score (nSPS) is 11.0. The van der Waals surface area contributed by atoms with Crippen LogP contribution in [0.4, 0.5) is 11.4 Å². The molecule has 0 spiro atoms. The number of anilines is 2. The van der Waals surface area contributed by atoms with Crippen molar-refractivity contribution in [1.82, 2.24) is 0 Å². The smallest absolute Gasteiger partial charge is 0.337 e. The number of sulfonamides is 1. The fraction of sp³-hybridized carbons (Fsp3) is 0.130. The first-order chi connectivity index (χ1) is 15.2. The summed E-state index contributed by atoms with van der Waals surface area (Å²) in [5, 5.41) is 3.03. The highest BCUT2D eigenvalue weighted by Gasteiger charge is 2.27. The van der Waals surface area contributed by atoms with Crippen molar-refractivity contribution >= 4 is 44.9 Å². The molecule has 0 heterocycles. The maximum atomic E-state index is 13.3. The number of nitrogens with one attached hydrogen (secondary N) is 1. The third kappa shape index (κ3) is 5.27. The van der Waals surface area contributed by atoms with Gasteiger partial charge in [0.2, 0.25) is 5.91 Å². The monoisotopic (exact) mass is 472 g/mol. The Morgan fingerprint density at radius 3 is 2.25 bits per heavy atom. The van der Waals surface area contributed by atoms with E-state index in [0.29, 0.717) is 16.3 Å². The summed E-state index contributed by atoms with van der Waals surface area (Å²) in [6.45, 7) is 1.32. The Bertz CT molecular complexity index is 1230. The molecule has 3 rings (SSSR count). The molecule has 0 aromatic heterocycles. The Balaban J connectivity index is 1.89. The molecule has 32 heavy (non-hydrogen) atoms. The van der Waals surface area contributed by atoms with Crippen molar-refractivity contribution in [3.63, 3.8) is 0 Å². The third-order valence-corrected chi connectivity index (χ3v) is 6.85. The van der Waals surface area contributed by atoms with Gasteiger partial charge < -0.3 is 10.1 Å². The van der Waals surface area contributed by atoms with Crippen LogP contribution in [-0.4, -0.2) is 33.9 Å². The molecule has 7 nitrogen and oxygen atoms in total. The van der Waals surface area contributed by atoms with Crippen molar-refractivity contribution in [3.05, 3.63) is 88.9 Å². The highest BCUT2D eigenvalue weighted by Crippen LogP contribution is 2.28. The first-order valence-electron chi connectivity index (χ1n) is 9.54. The van der Waals surface area contributed by atoms with Gasteiger partial charge in [0.15, 0.2) is 0 Å². The van der Waals surface area contributed by atoms with E-state index in [-0.39, 0.29) is 10.6 Å². The summed E-state index contributed by atoms with van der Waals surface area (Å²) in [7, 11) is -2.76. The number of benzene rings is 3. The summed E-state index contributed by atoms with van der Waals surface area (Å²) in [5.74, 6) is -1.06. The molecule has 0 radical (unpaired) electrons. The molecule has 0 atom stereocenters. The van der Waals surface area contributed by atoms with Gasteiger partial charge in [0.05, 0.1) is 23.3 Å². The van der Waals surface area contributed by atoms with Crippen LogP contribution in [0.3, 0.4) is 0 Å². The summed E-state index contributed by atoms with van der Waals surface area (Å²) in [5.41, 5.74) is 1.78. The van der Waals surface area contributed by atoms with Gasteiger partial charge in [-0.25, -0.2) is 13.2 Å². The number of carbonyl (C=O) groups is 2. The molecule has 1 N–H and O–H groups in total. The van der Waals surface area contributed by atoms with Gasteiger partial charge in [-0.05, 0) is 61.0 Å². The number of aryl methyl sites for hydroxylation is 1. The molecule has 0 saturated carbocycles. The van der Waals surface area contributed by atoms with Crippen LogP contribution in [-0.2, 0) is 19.6 Å². The third-order valence-electron chi connectivity index (χ3n) is 4.65. The van der Waals surface area contributed by atoms with Crippen LogP contribution < -0.4 is 9.62 Å². The SMILES string of the molecule is COC(=O)c1ccc(NC(=O)CN(c2ccc(C)c(Cl)c2)S(=O)(=O)c2ccccc2)cc1. The quantitative estimate of drug-likeness (QED) is 0.518. The lowest BCUT2D eigenvalue weighted by molar-refractivity contribution is -0.114. The van der Waals surface area contributed by atoms with Crippen molar-refractivity contribution in [2.24, 2.45) is 0 Å². The maximum Gasteiger partial charge on any atom is 0.337 e. The summed E-state index contributed by atoms with van der Waals surface area (Å²) < 4.78 is 32.3. The predicted molar refractivity (Wildman–Crippen MR) is 124 cm³/mol. The van der Waals surface area contributed by atoms with Gasteiger partial charge in [-0.1, -0.05) is 35.9 Å². The molecule has 3 aromatic carbocycles. The number of methoxy groups -OCH3 is 1. The topological polar surface area (TPSA) is 92.8 Å². The van der Waals surface area contributed by atoms with E-state index in [0.717, 1.165) is 9.87 Å². The molecule has 0 unspecified atom stereocenters. The van der Waals surface area contributed by atoms with E-state index in [4.69, 9.17) is 11.6 Å². The van der Waals surface area contributed by atoms with Gasteiger partial charge in [0.1, 0.15) is 6.54 Å². The zero-order chi connectivity index (χ0) is 23.3. The molecule has 1 amide bonds. The first-order valence-corrected chi connectivity index (χ1v) is 11.4. The van der Waals surface area contributed by atoms with Crippen LogP contribution in [0.25, 0.3) is 0 Å². The number of amides is 1. The molecule has 0 aliphatic rings. The van der Waals surface area contributed by atoms with Crippen LogP contribution in [0, 0.1) is 6.92 Å². The summed E-state index contributed by atoms with van der Waals surface area (Å²) >= 11 is 6.21. The van der Waals surface area contributed by atoms with E-state index >= 15 is 0 Å². The number of hydrogen-bond donors (Lipinski definition) is 1. The van der Waals surface area contributed by atoms with E-state index in [1.54, 1.807) is 37.3 Å². The average Bonchev–Trinajstić information content (AvgIpc) is 2.80. The number of rotatable bonds is 7. The lowest BCUT2D eigenvalue weighted by Crippen LogP contribution is -2.38. The molecule has 0 aliphatic carbocycles. The van der Waals surface area contributed by atoms with Crippen molar-refractivity contribution in [1.29, 1.82) is 0 Å². The fourth-order valence-corrected chi connectivity index (χ4v) is 4.52. The molecule has 3 aromatic rings. The second-order valence-corrected chi connectivity index (χ2v) is 9.14. The molecular formula is C23H21ClN2O5S. The van der Waals surface area contributed by atoms with E-state index in [2.05, 4.69) is 10.1 Å². The van der Waals surface area contributed by atoms with Gasteiger partial charge in [0.25, 0.3) is 10.0 Å². The first kappa shape index (κ1) is 23.3. The maximum absolute atomic E-state index is 13.3. The predicted octanol–water partition coefficient (Wildman–Crippen LogP) is 4.27. The highest BCUT2D eigenvalue weighted by molar-refractivity contribution is 7.92. The Morgan fingerprint density at radius 1 is 1.00 bits per heavy atom. The largest absolute Gasteiger partial charge is 0.465 e. The van der Waals surface area contributed by atoms with E-state index in [1.807, 2.05) is 0 Å². The minimum atomic E-state index is -4.04. The molecule has 9 heteroatoms. The number of halogens is 1. The average molecular weight is 473 g/mol.